The Bertz CT molecular complexity index is 119. The van der Waals surface area contributed by atoms with Crippen LogP contribution < -0.4 is 4.90 Å². The number of hydrogen-bond acceptors (Lipinski definition) is 0. The molecular formula is C7H13FNO4Re-7. The van der Waals surface area contributed by atoms with E-state index in [0.717, 1.165) is 38.9 Å². The smallest absolute Gasteiger partial charge is 0.127 e. The van der Waals surface area contributed by atoms with Crippen molar-refractivity contribution in [2.24, 2.45) is 0 Å². The number of halogens is 1. The van der Waals surface area contributed by atoms with Gasteiger partial charge in [-0.25, -0.2) is 4.39 Å². The van der Waals surface area contributed by atoms with E-state index in [0.29, 0.717) is 0 Å². The van der Waals surface area contributed by atoms with Crippen LogP contribution in [0.15, 0.2) is 0 Å². The van der Waals surface area contributed by atoms with Crippen molar-refractivity contribution in [3.05, 3.63) is 0 Å². The topological polar surface area (TPSA) is 118 Å². The minimum Gasteiger partial charge on any atom is -2.00 e. The molecule has 7 heteroatoms. The molecule has 3 aliphatic rings. The molecule has 0 spiro atoms. The molecule has 91 valence electrons. The normalized spacial score (nSPS) is 31.9. The molecule has 0 unspecified atom stereocenters. The number of fused-ring (bicyclic) bond motifs is 3. The van der Waals surface area contributed by atoms with Crippen molar-refractivity contribution in [2.45, 2.75) is 24.9 Å². The Morgan fingerprint density at radius 3 is 1.21 bits per heavy atom. The average Bonchev–Trinajstić information content (AvgIpc) is 1.90. The molecule has 14 heavy (non-hydrogen) atoms. The molecule has 2 bridgehead atoms. The summed E-state index contributed by atoms with van der Waals surface area (Å²) in [5, 5.41) is 0. The first-order valence-corrected chi connectivity index (χ1v) is 3.81. The standard InChI is InChI=1S/C7H12FN.4O.Re/c8-7-1-4-9(5-2-7)6-3-7;;;;;/h1-6H2;;;;;/q;4*-2;/p+1. The molecular weight excluding hydrogens is 367 g/mol. The summed E-state index contributed by atoms with van der Waals surface area (Å²) in [7, 11) is 0. The maximum Gasteiger partial charge on any atom is 0.127 e. The summed E-state index contributed by atoms with van der Waals surface area (Å²) in [5.41, 5.74) is -0.734. The predicted molar refractivity (Wildman–Crippen MR) is 36.0 cm³/mol. The fourth-order valence-corrected chi connectivity index (χ4v) is 1.95. The van der Waals surface area contributed by atoms with Crippen LogP contribution in [0.5, 0.6) is 0 Å². The van der Waals surface area contributed by atoms with E-state index in [4.69, 9.17) is 0 Å². The van der Waals surface area contributed by atoms with E-state index in [-0.39, 0.29) is 42.3 Å². The summed E-state index contributed by atoms with van der Waals surface area (Å²) in [6.45, 7) is 3.24. The summed E-state index contributed by atoms with van der Waals surface area (Å²) < 4.78 is 13.3. The maximum absolute atomic E-state index is 13.3. The van der Waals surface area contributed by atoms with Gasteiger partial charge in [-0.1, -0.05) is 0 Å². The van der Waals surface area contributed by atoms with Gasteiger partial charge < -0.3 is 26.8 Å². The van der Waals surface area contributed by atoms with Crippen molar-refractivity contribution < 1.29 is 51.6 Å². The predicted octanol–water partition coefficient (Wildman–Crippen LogP) is -0.701. The van der Waals surface area contributed by atoms with Gasteiger partial charge in [-0.15, -0.1) is 0 Å². The van der Waals surface area contributed by atoms with Crippen molar-refractivity contribution in [2.75, 3.05) is 19.6 Å². The summed E-state index contributed by atoms with van der Waals surface area (Å²) in [5.74, 6) is 0. The first kappa shape index (κ1) is 23.9. The number of alkyl halides is 1. The third-order valence-corrected chi connectivity index (χ3v) is 2.78. The molecule has 1 N–H and O–H groups in total. The third kappa shape index (κ3) is 4.75. The zero-order valence-electron chi connectivity index (χ0n) is 7.63. The summed E-state index contributed by atoms with van der Waals surface area (Å²) in [6, 6.07) is 0. The van der Waals surface area contributed by atoms with Crippen LogP contribution in [0, 0.1) is 0 Å². The Morgan fingerprint density at radius 2 is 1.07 bits per heavy atom. The zero-order chi connectivity index (χ0) is 6.32. The largest absolute Gasteiger partial charge is 2.00 e. The van der Waals surface area contributed by atoms with Crippen molar-refractivity contribution in [1.82, 2.24) is 0 Å². The van der Waals surface area contributed by atoms with Crippen LogP contribution >= 0.6 is 0 Å². The van der Waals surface area contributed by atoms with E-state index < -0.39 is 5.67 Å². The van der Waals surface area contributed by atoms with Gasteiger partial charge in [-0.3, -0.25) is 0 Å². The first-order chi connectivity index (χ1) is 4.29. The summed E-state index contributed by atoms with van der Waals surface area (Å²) in [4.78, 5) is 1.62. The van der Waals surface area contributed by atoms with E-state index >= 15 is 0 Å². The third-order valence-electron chi connectivity index (χ3n) is 2.78. The quantitative estimate of drug-likeness (QED) is 0.572. The number of quaternary nitrogens is 1. The van der Waals surface area contributed by atoms with Crippen LogP contribution in [0.4, 0.5) is 4.39 Å². The molecule has 3 saturated heterocycles. The molecule has 3 heterocycles. The Hall–Kier alpha value is 0.392. The van der Waals surface area contributed by atoms with E-state index in [1.54, 1.807) is 4.90 Å². The zero-order valence-corrected chi connectivity index (χ0v) is 10.3. The van der Waals surface area contributed by atoms with Gasteiger partial charge in [0.2, 0.25) is 0 Å². The summed E-state index contributed by atoms with van der Waals surface area (Å²) >= 11 is 0. The summed E-state index contributed by atoms with van der Waals surface area (Å²) in [6.07, 6.45) is 2.47. The number of piperidine rings is 3. The van der Waals surface area contributed by atoms with Crippen LogP contribution in [0.1, 0.15) is 19.3 Å². The number of nitrogens with one attached hydrogen (secondary N) is 1. The van der Waals surface area contributed by atoms with Gasteiger partial charge in [0.05, 0.1) is 19.6 Å². The van der Waals surface area contributed by atoms with Crippen molar-refractivity contribution >= 4 is 0 Å². The van der Waals surface area contributed by atoms with E-state index in [9.17, 15) is 4.39 Å². The fraction of sp³-hybridized carbons (Fsp3) is 1.00. The van der Waals surface area contributed by atoms with Gasteiger partial charge in [0.15, 0.2) is 0 Å². The van der Waals surface area contributed by atoms with E-state index in [1.807, 2.05) is 0 Å². The van der Waals surface area contributed by atoms with Gasteiger partial charge in [-0.2, -0.15) is 0 Å². The molecule has 3 fully saturated rings. The number of hydrogen-bond donors (Lipinski definition) is 1. The molecule has 0 aromatic carbocycles. The Kier molecular flexibility index (Phi) is 14.8. The van der Waals surface area contributed by atoms with Crippen molar-refractivity contribution in [3.8, 4) is 0 Å². The van der Waals surface area contributed by atoms with Crippen molar-refractivity contribution in [3.63, 3.8) is 0 Å². The van der Waals surface area contributed by atoms with E-state index in [2.05, 4.69) is 0 Å². The molecule has 0 atom stereocenters. The number of rotatable bonds is 0. The molecule has 3 aliphatic heterocycles. The van der Waals surface area contributed by atoms with Gasteiger partial charge in [0.25, 0.3) is 0 Å². The first-order valence-electron chi connectivity index (χ1n) is 3.81. The minimum absolute atomic E-state index is 0. The van der Waals surface area contributed by atoms with Gasteiger partial charge in [0.1, 0.15) is 5.67 Å². The molecule has 0 aromatic rings. The molecule has 0 amide bonds. The van der Waals surface area contributed by atoms with E-state index in [1.165, 1.54) is 0 Å². The van der Waals surface area contributed by atoms with Crippen molar-refractivity contribution in [1.29, 1.82) is 0 Å². The second-order valence-corrected chi connectivity index (χ2v) is 3.40. The monoisotopic (exact) mass is 381 g/mol. The SMILES string of the molecule is FC12CC[NH+](CC1)CC2.[O-2].[O-2].[O-2].[O-2].[Re]. The Morgan fingerprint density at radius 1 is 0.786 bits per heavy atom. The van der Waals surface area contributed by atoms with Crippen LogP contribution in [0.2, 0.25) is 0 Å². The Labute approximate surface area is 96.5 Å². The van der Waals surface area contributed by atoms with Gasteiger partial charge in [0, 0.05) is 39.7 Å². The van der Waals surface area contributed by atoms with Gasteiger partial charge >= 0.3 is 0 Å². The fourth-order valence-electron chi connectivity index (χ4n) is 1.95. The second-order valence-electron chi connectivity index (χ2n) is 3.40. The Balaban J connectivity index is -0.0000001000. The molecule has 5 nitrogen and oxygen atoms in total. The molecule has 3 rings (SSSR count). The average molecular weight is 380 g/mol. The second kappa shape index (κ2) is 8.68. The van der Waals surface area contributed by atoms with Crippen LogP contribution in [0.25, 0.3) is 0 Å². The molecule has 0 aromatic heterocycles. The van der Waals surface area contributed by atoms with Gasteiger partial charge in [-0.05, 0) is 0 Å². The minimum atomic E-state index is -0.734. The van der Waals surface area contributed by atoms with Crippen LogP contribution in [-0.2, 0) is 42.3 Å². The molecule has 1 radical (unpaired) electrons. The molecule has 0 saturated carbocycles. The van der Waals surface area contributed by atoms with Crippen LogP contribution in [0.3, 0.4) is 0 Å². The molecule has 0 aliphatic carbocycles. The van der Waals surface area contributed by atoms with Crippen LogP contribution in [-0.4, -0.2) is 25.3 Å². The maximum atomic E-state index is 13.3.